The van der Waals surface area contributed by atoms with Gasteiger partial charge in [0, 0.05) is 29.7 Å². The van der Waals surface area contributed by atoms with Crippen molar-refractivity contribution in [3.8, 4) is 0 Å². The number of nitrogens with two attached hydrogens (primary N) is 2. The molecule has 5 unspecified atom stereocenters. The highest BCUT2D eigenvalue weighted by molar-refractivity contribution is 7.81. The number of rotatable bonds is 26. The first kappa shape index (κ1) is 44.1. The van der Waals surface area contributed by atoms with Crippen LogP contribution < -0.4 is 11.5 Å². The van der Waals surface area contributed by atoms with Gasteiger partial charge in [-0.1, -0.05) is 48.0 Å². The Balaban J connectivity index is 6.05. The Labute approximate surface area is 280 Å². The van der Waals surface area contributed by atoms with Gasteiger partial charge in [-0.05, 0) is 124 Å². The minimum absolute atomic E-state index is 0.0313. The second-order valence-electron chi connectivity index (χ2n) is 16.9. The van der Waals surface area contributed by atoms with E-state index in [9.17, 15) is 0 Å². The lowest BCUT2D eigenvalue weighted by molar-refractivity contribution is -0.138. The van der Waals surface area contributed by atoms with Gasteiger partial charge in [0.05, 0.1) is 31.5 Å². The lowest BCUT2D eigenvalue weighted by Crippen LogP contribution is -2.47. The standard InChI is InChI=1S/C37H78N2O4S/c1-15-30(6)24-36(16-2,26-35(14,44)43-23-20-33(10,11)39)27-40-28-37(17-3,31(7)41-21-18-29(4)5)25-34(12,13)42-22-19-32(8,9)38/h29-31,44H,15-28,38-39H2,1-14H3. The van der Waals surface area contributed by atoms with E-state index in [4.69, 9.17) is 43.0 Å². The zero-order valence-corrected chi connectivity index (χ0v) is 32.8. The molecule has 0 fully saturated rings. The summed E-state index contributed by atoms with van der Waals surface area (Å²) in [6, 6.07) is 0. The van der Waals surface area contributed by atoms with E-state index >= 15 is 0 Å². The second kappa shape index (κ2) is 19.2. The van der Waals surface area contributed by atoms with E-state index < -0.39 is 4.93 Å². The van der Waals surface area contributed by atoms with Gasteiger partial charge in [-0.3, -0.25) is 0 Å². The molecule has 0 aromatic carbocycles. The molecule has 0 aromatic heterocycles. The van der Waals surface area contributed by atoms with Gasteiger partial charge < -0.3 is 30.4 Å². The molecular weight excluding hydrogens is 568 g/mol. The molecule has 0 rings (SSSR count). The highest BCUT2D eigenvalue weighted by atomic mass is 32.1. The highest BCUT2D eigenvalue weighted by Crippen LogP contribution is 2.44. The van der Waals surface area contributed by atoms with Gasteiger partial charge in [-0.2, -0.15) is 0 Å². The minimum atomic E-state index is -0.570. The molecule has 0 aliphatic heterocycles. The maximum Gasteiger partial charge on any atom is 0.108 e. The Bertz CT molecular complexity index is 762. The third-order valence-corrected chi connectivity index (χ3v) is 9.82. The average molecular weight is 647 g/mol. The van der Waals surface area contributed by atoms with E-state index in [1.807, 2.05) is 13.8 Å². The van der Waals surface area contributed by atoms with Gasteiger partial charge in [-0.15, -0.1) is 12.6 Å². The molecule has 0 heterocycles. The lowest BCUT2D eigenvalue weighted by Gasteiger charge is -2.45. The normalized spacial score (nSPS) is 19.0. The number of hydrogen-bond donors (Lipinski definition) is 3. The molecule has 7 heteroatoms. The van der Waals surface area contributed by atoms with E-state index in [1.54, 1.807) is 0 Å². The van der Waals surface area contributed by atoms with Crippen LogP contribution in [-0.2, 0) is 18.9 Å². The summed E-state index contributed by atoms with van der Waals surface area (Å²) >= 11 is 5.05. The Morgan fingerprint density at radius 2 is 1.25 bits per heavy atom. The molecule has 266 valence electrons. The molecule has 0 aromatic rings. The Morgan fingerprint density at radius 3 is 1.70 bits per heavy atom. The van der Waals surface area contributed by atoms with Gasteiger partial charge in [-0.25, -0.2) is 0 Å². The fourth-order valence-electron chi connectivity index (χ4n) is 6.16. The van der Waals surface area contributed by atoms with Gasteiger partial charge >= 0.3 is 0 Å². The van der Waals surface area contributed by atoms with E-state index in [0.717, 1.165) is 64.4 Å². The molecule has 5 atom stereocenters. The summed E-state index contributed by atoms with van der Waals surface area (Å²) in [6.45, 7) is 33.9. The molecule has 4 N–H and O–H groups in total. The fourth-order valence-corrected chi connectivity index (χ4v) is 6.59. The summed E-state index contributed by atoms with van der Waals surface area (Å²) < 4.78 is 26.3. The molecule has 0 bridgehead atoms. The molecule has 0 aliphatic rings. The predicted octanol–water partition coefficient (Wildman–Crippen LogP) is 9.18. The first-order valence-electron chi connectivity index (χ1n) is 17.7. The summed E-state index contributed by atoms with van der Waals surface area (Å²) in [5.74, 6) is 1.19. The van der Waals surface area contributed by atoms with Crippen LogP contribution in [0.3, 0.4) is 0 Å². The molecule has 0 aliphatic carbocycles. The summed E-state index contributed by atoms with van der Waals surface area (Å²) in [5.41, 5.74) is 11.4. The molecule has 0 radical (unpaired) electrons. The van der Waals surface area contributed by atoms with Gasteiger partial charge in [0.1, 0.15) is 4.93 Å². The van der Waals surface area contributed by atoms with E-state index in [2.05, 4.69) is 83.1 Å². The summed E-state index contributed by atoms with van der Waals surface area (Å²) in [7, 11) is 0. The maximum absolute atomic E-state index is 6.88. The zero-order valence-electron chi connectivity index (χ0n) is 31.9. The Hall–Kier alpha value is 0.110. The van der Waals surface area contributed by atoms with Gasteiger partial charge in [0.2, 0.25) is 0 Å². The molecule has 0 saturated heterocycles. The van der Waals surface area contributed by atoms with Crippen LogP contribution >= 0.6 is 12.6 Å². The second-order valence-corrected chi connectivity index (χ2v) is 17.9. The van der Waals surface area contributed by atoms with Crippen molar-refractivity contribution in [3.05, 3.63) is 0 Å². The van der Waals surface area contributed by atoms with Crippen LogP contribution in [0.2, 0.25) is 0 Å². The number of thiol groups is 1. The molecule has 0 spiro atoms. The van der Waals surface area contributed by atoms with Crippen molar-refractivity contribution in [1.82, 2.24) is 0 Å². The predicted molar refractivity (Wildman–Crippen MR) is 194 cm³/mol. The van der Waals surface area contributed by atoms with Crippen molar-refractivity contribution in [2.24, 2.45) is 34.1 Å². The van der Waals surface area contributed by atoms with Crippen molar-refractivity contribution in [1.29, 1.82) is 0 Å². The number of ether oxygens (including phenoxy) is 4. The van der Waals surface area contributed by atoms with Crippen molar-refractivity contribution in [2.45, 2.75) is 182 Å². The van der Waals surface area contributed by atoms with Crippen LogP contribution in [0.25, 0.3) is 0 Å². The van der Waals surface area contributed by atoms with Gasteiger partial charge in [0.15, 0.2) is 0 Å². The van der Waals surface area contributed by atoms with Crippen LogP contribution in [-0.4, -0.2) is 60.8 Å². The smallest absolute Gasteiger partial charge is 0.108 e. The number of hydrogen-bond acceptors (Lipinski definition) is 7. The maximum atomic E-state index is 6.88. The van der Waals surface area contributed by atoms with Crippen molar-refractivity contribution in [3.63, 3.8) is 0 Å². The topological polar surface area (TPSA) is 89.0 Å². The van der Waals surface area contributed by atoms with E-state index in [-0.39, 0.29) is 33.6 Å². The Morgan fingerprint density at radius 1 is 0.705 bits per heavy atom. The first-order valence-corrected chi connectivity index (χ1v) is 18.2. The quantitative estimate of drug-likeness (QED) is 0.0641. The first-order chi connectivity index (χ1) is 19.9. The van der Waals surface area contributed by atoms with Crippen LogP contribution in [0.5, 0.6) is 0 Å². The van der Waals surface area contributed by atoms with E-state index in [1.165, 1.54) is 0 Å². The molecular formula is C37H78N2O4S. The highest BCUT2D eigenvalue weighted by Gasteiger charge is 2.43. The molecule has 44 heavy (non-hydrogen) atoms. The molecule has 6 nitrogen and oxygen atoms in total. The van der Waals surface area contributed by atoms with E-state index in [0.29, 0.717) is 38.3 Å². The summed E-state index contributed by atoms with van der Waals surface area (Å²) in [5, 5.41) is 0. The van der Waals surface area contributed by atoms with Crippen LogP contribution in [0.15, 0.2) is 0 Å². The minimum Gasteiger partial charge on any atom is -0.380 e. The van der Waals surface area contributed by atoms with Crippen LogP contribution in [0.1, 0.15) is 155 Å². The molecule has 0 saturated carbocycles. The lowest BCUT2D eigenvalue weighted by atomic mass is 9.72. The summed E-state index contributed by atoms with van der Waals surface area (Å²) in [4.78, 5) is -0.570. The van der Waals surface area contributed by atoms with Crippen molar-refractivity contribution in [2.75, 3.05) is 33.0 Å². The van der Waals surface area contributed by atoms with Gasteiger partial charge in [0.25, 0.3) is 0 Å². The monoisotopic (exact) mass is 647 g/mol. The Kier molecular flexibility index (Phi) is 19.2. The average Bonchev–Trinajstić information content (AvgIpc) is 2.85. The third-order valence-electron chi connectivity index (χ3n) is 9.54. The van der Waals surface area contributed by atoms with Crippen molar-refractivity contribution < 1.29 is 18.9 Å². The van der Waals surface area contributed by atoms with Crippen LogP contribution in [0, 0.1) is 22.7 Å². The molecule has 0 amide bonds. The SMILES string of the molecule is CCC(C)CC(CC)(COCC(CC)(CC(C)(C)OCCC(C)(C)N)C(C)OCCC(C)C)CC(C)(S)OCCC(C)(C)N. The fraction of sp³-hybridized carbons (Fsp3) is 1.00. The third kappa shape index (κ3) is 19.1. The van der Waals surface area contributed by atoms with Crippen molar-refractivity contribution >= 4 is 12.6 Å². The largest absolute Gasteiger partial charge is 0.380 e. The van der Waals surface area contributed by atoms with Crippen LogP contribution in [0.4, 0.5) is 0 Å². The zero-order chi connectivity index (χ0) is 34.5. The summed E-state index contributed by atoms with van der Waals surface area (Å²) in [6.07, 6.45) is 8.50.